The molecule has 0 aliphatic rings. The Hall–Kier alpha value is -4.14. The zero-order chi connectivity index (χ0) is 28.1. The number of nitrogens with one attached hydrogen (secondary N) is 2. The Morgan fingerprint density at radius 1 is 0.975 bits per heavy atom. The Morgan fingerprint density at radius 3 is 2.50 bits per heavy atom. The van der Waals surface area contributed by atoms with Crippen LogP contribution < -0.4 is 10.7 Å². The maximum atomic E-state index is 13.0. The summed E-state index contributed by atoms with van der Waals surface area (Å²) in [6, 6.07) is 29.9. The van der Waals surface area contributed by atoms with Crippen molar-refractivity contribution in [1.29, 1.82) is 0 Å². The van der Waals surface area contributed by atoms with Crippen LogP contribution in [-0.2, 0) is 11.3 Å². The summed E-state index contributed by atoms with van der Waals surface area (Å²) in [5, 5.41) is 19.8. The van der Waals surface area contributed by atoms with Crippen LogP contribution in [0.15, 0.2) is 101 Å². The molecule has 7 nitrogen and oxygen atoms in total. The number of fused-ring (bicyclic) bond motifs is 1. The molecule has 9 heteroatoms. The lowest BCUT2D eigenvalue weighted by Gasteiger charge is -2.14. The molecule has 0 saturated heterocycles. The Bertz CT molecular complexity index is 1680. The molecule has 5 aromatic rings. The lowest BCUT2D eigenvalue weighted by Crippen LogP contribution is -2.28. The van der Waals surface area contributed by atoms with E-state index in [9.17, 15) is 4.79 Å². The number of hydrogen-bond acceptors (Lipinski definition) is 6. The molecule has 0 fully saturated rings. The van der Waals surface area contributed by atoms with Crippen LogP contribution in [0.25, 0.3) is 16.5 Å². The van der Waals surface area contributed by atoms with Gasteiger partial charge in [0.2, 0.25) is 0 Å². The second kappa shape index (κ2) is 12.4. The van der Waals surface area contributed by atoms with Crippen LogP contribution in [0.4, 0.5) is 5.69 Å². The average molecular weight is 569 g/mol. The van der Waals surface area contributed by atoms with Crippen LogP contribution in [0.3, 0.4) is 0 Å². The van der Waals surface area contributed by atoms with Crippen LogP contribution in [0.2, 0.25) is 5.02 Å². The first-order valence-corrected chi connectivity index (χ1v) is 14.1. The summed E-state index contributed by atoms with van der Waals surface area (Å²) in [7, 11) is 0. The lowest BCUT2D eigenvalue weighted by molar-refractivity contribution is -0.120. The van der Waals surface area contributed by atoms with Gasteiger partial charge in [0.25, 0.3) is 5.91 Å². The fourth-order valence-electron chi connectivity index (χ4n) is 4.25. The highest BCUT2D eigenvalue weighted by Gasteiger charge is 2.21. The zero-order valence-corrected chi connectivity index (χ0v) is 24.0. The van der Waals surface area contributed by atoms with Crippen LogP contribution in [0, 0.1) is 6.92 Å². The SMILES string of the molecule is C/C(=N/NC(=O)[C@@H](C)Sc1nnc(CNc2ccc(Cl)cc2C)n1-c1ccccc1)c1ccc2ccccc2c1. The van der Waals surface area contributed by atoms with E-state index in [-0.39, 0.29) is 5.91 Å². The molecule has 0 unspecified atom stereocenters. The summed E-state index contributed by atoms with van der Waals surface area (Å²) in [6.45, 7) is 6.17. The first kappa shape index (κ1) is 27.4. The van der Waals surface area contributed by atoms with Gasteiger partial charge in [-0.3, -0.25) is 9.36 Å². The summed E-state index contributed by atoms with van der Waals surface area (Å²) in [6.07, 6.45) is 0. The number of hydrogen-bond donors (Lipinski definition) is 2. The normalized spacial score (nSPS) is 12.3. The van der Waals surface area contributed by atoms with E-state index in [2.05, 4.69) is 50.3 Å². The van der Waals surface area contributed by atoms with Crippen molar-refractivity contribution in [2.24, 2.45) is 5.10 Å². The maximum absolute atomic E-state index is 13.0. The predicted molar refractivity (Wildman–Crippen MR) is 164 cm³/mol. The van der Waals surface area contributed by atoms with Crippen molar-refractivity contribution in [3.8, 4) is 5.69 Å². The molecule has 0 bridgehead atoms. The molecule has 1 heterocycles. The third kappa shape index (κ3) is 6.35. The number of aryl methyl sites for hydroxylation is 1. The summed E-state index contributed by atoms with van der Waals surface area (Å²) >= 11 is 7.44. The minimum atomic E-state index is -0.459. The monoisotopic (exact) mass is 568 g/mol. The van der Waals surface area contributed by atoms with E-state index in [0.29, 0.717) is 16.7 Å². The molecular weight excluding hydrogens is 540 g/mol. The summed E-state index contributed by atoms with van der Waals surface area (Å²) in [5.74, 6) is 0.505. The quantitative estimate of drug-likeness (QED) is 0.113. The Kier molecular flexibility index (Phi) is 8.48. The number of benzene rings is 4. The number of para-hydroxylation sites is 1. The van der Waals surface area contributed by atoms with Gasteiger partial charge < -0.3 is 5.32 Å². The van der Waals surface area contributed by atoms with Crippen molar-refractivity contribution >= 4 is 51.4 Å². The van der Waals surface area contributed by atoms with E-state index in [1.54, 1.807) is 0 Å². The highest BCUT2D eigenvalue weighted by atomic mass is 35.5. The number of anilines is 1. The second-order valence-electron chi connectivity index (χ2n) is 9.38. The van der Waals surface area contributed by atoms with E-state index in [1.807, 2.05) is 92.1 Å². The van der Waals surface area contributed by atoms with Crippen LogP contribution >= 0.6 is 23.4 Å². The predicted octanol–water partition coefficient (Wildman–Crippen LogP) is 7.02. The Balaban J connectivity index is 1.31. The first-order valence-electron chi connectivity index (χ1n) is 12.9. The fraction of sp³-hybridized carbons (Fsp3) is 0.161. The number of rotatable bonds is 9. The van der Waals surface area contributed by atoms with Crippen LogP contribution in [-0.4, -0.2) is 31.6 Å². The minimum absolute atomic E-state index is 0.218. The molecule has 0 aliphatic heterocycles. The van der Waals surface area contributed by atoms with Gasteiger partial charge in [0.1, 0.15) is 0 Å². The van der Waals surface area contributed by atoms with E-state index in [4.69, 9.17) is 11.6 Å². The van der Waals surface area contributed by atoms with Crippen molar-refractivity contribution in [3.63, 3.8) is 0 Å². The number of aromatic nitrogens is 3. The van der Waals surface area contributed by atoms with Crippen molar-refractivity contribution in [1.82, 2.24) is 20.2 Å². The number of carbonyl (C=O) groups excluding carboxylic acids is 1. The molecule has 5 rings (SSSR count). The van der Waals surface area contributed by atoms with Gasteiger partial charge in [-0.05, 0) is 79.1 Å². The standard InChI is InChI=1S/C31H29ClN6OS/c1-20-17-26(32)15-16-28(20)33-19-29-35-37-31(38(29)27-11-5-4-6-12-27)40-22(3)30(39)36-34-21(2)24-14-13-23-9-7-8-10-25(23)18-24/h4-18,22,33H,19H2,1-3H3,(H,36,39)/b34-21-/t22-/m1/s1. The smallest absolute Gasteiger partial charge is 0.253 e. The van der Waals surface area contributed by atoms with Gasteiger partial charge in [-0.15, -0.1) is 10.2 Å². The largest absolute Gasteiger partial charge is 0.378 e. The topological polar surface area (TPSA) is 84.2 Å². The third-order valence-corrected chi connectivity index (χ3v) is 7.77. The van der Waals surface area contributed by atoms with Crippen molar-refractivity contribution < 1.29 is 4.79 Å². The Morgan fingerprint density at radius 2 is 1.73 bits per heavy atom. The molecule has 1 aromatic heterocycles. The molecule has 0 saturated carbocycles. The number of amides is 1. The van der Waals surface area contributed by atoms with Crippen molar-refractivity contribution in [3.05, 3.63) is 113 Å². The van der Waals surface area contributed by atoms with Crippen molar-refractivity contribution in [2.75, 3.05) is 5.32 Å². The zero-order valence-electron chi connectivity index (χ0n) is 22.4. The Labute approximate surface area is 242 Å². The molecule has 1 amide bonds. The molecule has 4 aromatic carbocycles. The molecule has 202 valence electrons. The number of hydrazone groups is 1. The van der Waals surface area contributed by atoms with E-state index in [1.165, 1.54) is 11.8 Å². The average Bonchev–Trinajstić information content (AvgIpc) is 3.37. The maximum Gasteiger partial charge on any atom is 0.253 e. The highest BCUT2D eigenvalue weighted by Crippen LogP contribution is 2.27. The third-order valence-electron chi connectivity index (χ3n) is 6.49. The highest BCUT2D eigenvalue weighted by molar-refractivity contribution is 8.00. The molecule has 0 radical (unpaired) electrons. The van der Waals surface area contributed by atoms with Crippen molar-refractivity contribution in [2.45, 2.75) is 37.7 Å². The summed E-state index contributed by atoms with van der Waals surface area (Å²) in [4.78, 5) is 13.0. The van der Waals surface area contributed by atoms with E-state index >= 15 is 0 Å². The number of carbonyl (C=O) groups is 1. The summed E-state index contributed by atoms with van der Waals surface area (Å²) < 4.78 is 1.97. The lowest BCUT2D eigenvalue weighted by atomic mass is 10.0. The van der Waals surface area contributed by atoms with Gasteiger partial charge in [-0.25, -0.2) is 5.43 Å². The molecular formula is C31H29ClN6OS. The van der Waals surface area contributed by atoms with E-state index in [0.717, 1.165) is 44.8 Å². The molecule has 1 atom stereocenters. The molecule has 0 aliphatic carbocycles. The number of thioether (sulfide) groups is 1. The van der Waals surface area contributed by atoms with Crippen LogP contribution in [0.5, 0.6) is 0 Å². The van der Waals surface area contributed by atoms with Gasteiger partial charge in [0.05, 0.1) is 17.5 Å². The molecule has 0 spiro atoms. The fourth-order valence-corrected chi connectivity index (χ4v) is 5.35. The first-order chi connectivity index (χ1) is 19.4. The summed E-state index contributed by atoms with van der Waals surface area (Å²) in [5.41, 5.74) is 7.33. The minimum Gasteiger partial charge on any atom is -0.378 e. The molecule has 40 heavy (non-hydrogen) atoms. The van der Waals surface area contributed by atoms with Crippen LogP contribution in [0.1, 0.15) is 30.8 Å². The van der Waals surface area contributed by atoms with E-state index < -0.39 is 5.25 Å². The van der Waals surface area contributed by atoms with Gasteiger partial charge in [0, 0.05) is 16.4 Å². The van der Waals surface area contributed by atoms with Gasteiger partial charge in [-0.2, -0.15) is 5.10 Å². The number of nitrogens with zero attached hydrogens (tertiary/aromatic N) is 4. The molecule has 2 N–H and O–H groups in total. The van der Waals surface area contributed by atoms with Gasteiger partial charge in [0.15, 0.2) is 11.0 Å². The van der Waals surface area contributed by atoms with Gasteiger partial charge in [-0.1, -0.05) is 78.0 Å². The van der Waals surface area contributed by atoms with Gasteiger partial charge >= 0.3 is 0 Å². The number of halogens is 1. The second-order valence-corrected chi connectivity index (χ2v) is 11.1.